The summed E-state index contributed by atoms with van der Waals surface area (Å²) >= 11 is 3.39. The molecule has 0 saturated heterocycles. The van der Waals surface area contributed by atoms with Gasteiger partial charge in [0.25, 0.3) is 0 Å². The number of carbonyl (C=O) groups excluding carboxylic acids is 1. The van der Waals surface area contributed by atoms with Gasteiger partial charge in [0, 0.05) is 17.6 Å². The molecule has 0 bridgehead atoms. The molecular weight excluding hydrogens is 476 g/mol. The molecule has 0 heterocycles. The fourth-order valence-corrected chi connectivity index (χ4v) is 4.77. The van der Waals surface area contributed by atoms with Crippen molar-refractivity contribution in [2.75, 3.05) is 6.54 Å². The van der Waals surface area contributed by atoms with Gasteiger partial charge in [0.05, 0.1) is 11.4 Å². The molecule has 3 rings (SSSR count). The van der Waals surface area contributed by atoms with Crippen LogP contribution in [0.2, 0.25) is 0 Å². The SMILES string of the molecule is Cc1ccc(S(=O)(=O)N(CC(=O)NCc2cccc(C)c2)Cc2ccc(Br)cc2)cc1. The lowest BCUT2D eigenvalue weighted by molar-refractivity contribution is -0.121. The van der Waals surface area contributed by atoms with E-state index in [1.165, 1.54) is 4.31 Å². The zero-order chi connectivity index (χ0) is 22.4. The molecular formula is C24H25BrN2O3S. The summed E-state index contributed by atoms with van der Waals surface area (Å²) < 4.78 is 28.7. The molecule has 0 saturated carbocycles. The van der Waals surface area contributed by atoms with Crippen molar-refractivity contribution in [1.29, 1.82) is 0 Å². The Balaban J connectivity index is 1.79. The molecule has 0 aliphatic rings. The van der Waals surface area contributed by atoms with E-state index in [4.69, 9.17) is 0 Å². The van der Waals surface area contributed by atoms with Crippen LogP contribution in [-0.2, 0) is 27.9 Å². The van der Waals surface area contributed by atoms with Crippen LogP contribution in [-0.4, -0.2) is 25.2 Å². The number of hydrogen-bond acceptors (Lipinski definition) is 3. The van der Waals surface area contributed by atoms with Crippen molar-refractivity contribution in [2.45, 2.75) is 31.8 Å². The summed E-state index contributed by atoms with van der Waals surface area (Å²) in [5, 5.41) is 2.83. The van der Waals surface area contributed by atoms with Gasteiger partial charge in [-0.25, -0.2) is 8.42 Å². The number of rotatable bonds is 8. The van der Waals surface area contributed by atoms with Gasteiger partial charge in [0.1, 0.15) is 0 Å². The molecule has 0 aromatic heterocycles. The maximum atomic E-state index is 13.3. The summed E-state index contributed by atoms with van der Waals surface area (Å²) in [6.07, 6.45) is 0. The largest absolute Gasteiger partial charge is 0.351 e. The first-order chi connectivity index (χ1) is 14.7. The first-order valence-electron chi connectivity index (χ1n) is 9.87. The van der Waals surface area contributed by atoms with E-state index in [2.05, 4.69) is 21.2 Å². The molecule has 0 spiro atoms. The number of nitrogens with zero attached hydrogens (tertiary/aromatic N) is 1. The van der Waals surface area contributed by atoms with E-state index in [-0.39, 0.29) is 23.9 Å². The average molecular weight is 501 g/mol. The highest BCUT2D eigenvalue weighted by atomic mass is 79.9. The van der Waals surface area contributed by atoms with Gasteiger partial charge in [-0.1, -0.05) is 75.6 Å². The molecule has 1 amide bonds. The number of amides is 1. The smallest absolute Gasteiger partial charge is 0.243 e. The molecule has 0 aliphatic carbocycles. The molecule has 31 heavy (non-hydrogen) atoms. The zero-order valence-corrected chi connectivity index (χ0v) is 19.9. The molecule has 1 N–H and O–H groups in total. The Morgan fingerprint density at radius 2 is 1.58 bits per heavy atom. The highest BCUT2D eigenvalue weighted by molar-refractivity contribution is 9.10. The summed E-state index contributed by atoms with van der Waals surface area (Å²) in [7, 11) is -3.85. The standard InChI is InChI=1S/C24H25BrN2O3S/c1-18-6-12-23(13-7-18)31(29,30)27(16-20-8-10-22(25)11-9-20)17-24(28)26-15-21-5-3-4-19(2)14-21/h3-14H,15-17H2,1-2H3,(H,26,28). The number of halogens is 1. The maximum absolute atomic E-state index is 13.3. The van der Waals surface area contributed by atoms with E-state index >= 15 is 0 Å². The van der Waals surface area contributed by atoms with Gasteiger partial charge in [0.2, 0.25) is 15.9 Å². The molecule has 5 nitrogen and oxygen atoms in total. The Morgan fingerprint density at radius 1 is 0.903 bits per heavy atom. The van der Waals surface area contributed by atoms with Crippen molar-refractivity contribution in [3.05, 3.63) is 99.5 Å². The summed E-state index contributed by atoms with van der Waals surface area (Å²) in [6, 6.07) is 21.9. The molecule has 0 radical (unpaired) electrons. The van der Waals surface area contributed by atoms with Crippen molar-refractivity contribution < 1.29 is 13.2 Å². The van der Waals surface area contributed by atoms with Crippen LogP contribution in [0.15, 0.2) is 82.2 Å². The number of aryl methyl sites for hydroxylation is 2. The summed E-state index contributed by atoms with van der Waals surface area (Å²) in [5.41, 5.74) is 3.83. The van der Waals surface area contributed by atoms with Crippen molar-refractivity contribution in [1.82, 2.24) is 9.62 Å². The Bertz CT molecular complexity index is 1140. The van der Waals surface area contributed by atoms with E-state index < -0.39 is 10.0 Å². The van der Waals surface area contributed by atoms with Gasteiger partial charge in [0.15, 0.2) is 0 Å². The first-order valence-corrected chi connectivity index (χ1v) is 12.1. The third-order valence-electron chi connectivity index (χ3n) is 4.82. The number of sulfonamides is 1. The second-order valence-electron chi connectivity index (χ2n) is 7.48. The molecule has 7 heteroatoms. The molecule has 3 aromatic carbocycles. The molecule has 162 valence electrons. The van der Waals surface area contributed by atoms with Gasteiger partial charge in [-0.3, -0.25) is 4.79 Å². The van der Waals surface area contributed by atoms with Crippen LogP contribution in [0, 0.1) is 13.8 Å². The Morgan fingerprint density at radius 3 is 2.23 bits per heavy atom. The van der Waals surface area contributed by atoms with Crippen molar-refractivity contribution >= 4 is 31.9 Å². The van der Waals surface area contributed by atoms with Gasteiger partial charge >= 0.3 is 0 Å². The molecule has 0 atom stereocenters. The summed E-state index contributed by atoms with van der Waals surface area (Å²) in [5.74, 6) is -0.352. The van der Waals surface area contributed by atoms with Crippen molar-refractivity contribution in [3.63, 3.8) is 0 Å². The quantitative estimate of drug-likeness (QED) is 0.492. The van der Waals surface area contributed by atoms with Crippen LogP contribution >= 0.6 is 15.9 Å². The fraction of sp³-hybridized carbons (Fsp3) is 0.208. The molecule has 0 fully saturated rings. The minimum absolute atomic E-state index is 0.0986. The fourth-order valence-electron chi connectivity index (χ4n) is 3.12. The minimum Gasteiger partial charge on any atom is -0.351 e. The second kappa shape index (κ2) is 10.2. The van der Waals surface area contributed by atoms with E-state index in [0.717, 1.165) is 26.7 Å². The predicted molar refractivity (Wildman–Crippen MR) is 126 cm³/mol. The minimum atomic E-state index is -3.85. The van der Waals surface area contributed by atoms with Gasteiger partial charge in [-0.15, -0.1) is 0 Å². The third-order valence-corrected chi connectivity index (χ3v) is 7.16. The number of benzene rings is 3. The van der Waals surface area contributed by atoms with Gasteiger partial charge in [-0.2, -0.15) is 4.31 Å². The number of nitrogens with one attached hydrogen (secondary N) is 1. The van der Waals surface area contributed by atoms with Crippen LogP contribution in [0.1, 0.15) is 22.3 Å². The lowest BCUT2D eigenvalue weighted by Crippen LogP contribution is -2.40. The van der Waals surface area contributed by atoms with Crippen molar-refractivity contribution in [2.24, 2.45) is 0 Å². The second-order valence-corrected chi connectivity index (χ2v) is 10.3. The van der Waals surface area contributed by atoms with Crippen LogP contribution in [0.25, 0.3) is 0 Å². The average Bonchev–Trinajstić information content (AvgIpc) is 2.74. The van der Waals surface area contributed by atoms with Gasteiger partial charge in [-0.05, 0) is 49.2 Å². The lowest BCUT2D eigenvalue weighted by Gasteiger charge is -2.22. The van der Waals surface area contributed by atoms with E-state index in [1.807, 2.05) is 62.4 Å². The van der Waals surface area contributed by atoms with Gasteiger partial charge < -0.3 is 5.32 Å². The molecule has 3 aromatic rings. The number of hydrogen-bond donors (Lipinski definition) is 1. The Kier molecular flexibility index (Phi) is 7.64. The van der Waals surface area contributed by atoms with E-state index in [0.29, 0.717) is 6.54 Å². The van der Waals surface area contributed by atoms with Crippen molar-refractivity contribution in [3.8, 4) is 0 Å². The highest BCUT2D eigenvalue weighted by Gasteiger charge is 2.27. The number of carbonyl (C=O) groups is 1. The van der Waals surface area contributed by atoms with E-state index in [9.17, 15) is 13.2 Å². The third kappa shape index (κ3) is 6.50. The summed E-state index contributed by atoms with van der Waals surface area (Å²) in [6.45, 7) is 4.06. The molecule has 0 unspecified atom stereocenters. The normalized spacial score (nSPS) is 11.5. The zero-order valence-electron chi connectivity index (χ0n) is 17.5. The van der Waals surface area contributed by atoms with E-state index in [1.54, 1.807) is 24.3 Å². The van der Waals surface area contributed by atoms with Crippen LogP contribution < -0.4 is 5.32 Å². The predicted octanol–water partition coefficient (Wildman–Crippen LogP) is 4.57. The Hall–Kier alpha value is -2.48. The maximum Gasteiger partial charge on any atom is 0.243 e. The van der Waals surface area contributed by atoms with Crippen LogP contribution in [0.5, 0.6) is 0 Å². The van der Waals surface area contributed by atoms with Crippen LogP contribution in [0.3, 0.4) is 0 Å². The topological polar surface area (TPSA) is 66.5 Å². The van der Waals surface area contributed by atoms with Crippen LogP contribution in [0.4, 0.5) is 0 Å². The monoisotopic (exact) mass is 500 g/mol. The highest BCUT2D eigenvalue weighted by Crippen LogP contribution is 2.20. The summed E-state index contributed by atoms with van der Waals surface area (Å²) in [4.78, 5) is 12.8. The first kappa shape index (κ1) is 23.2. The Labute approximate surface area is 192 Å². The lowest BCUT2D eigenvalue weighted by atomic mass is 10.1. The molecule has 0 aliphatic heterocycles.